The monoisotopic (exact) mass is 339 g/mol. The van der Waals surface area contributed by atoms with Gasteiger partial charge in [-0.3, -0.25) is 4.79 Å². The van der Waals surface area contributed by atoms with Crippen molar-refractivity contribution in [2.75, 3.05) is 0 Å². The van der Waals surface area contributed by atoms with Crippen molar-refractivity contribution in [1.82, 2.24) is 4.98 Å². The predicted octanol–water partition coefficient (Wildman–Crippen LogP) is 2.94. The van der Waals surface area contributed by atoms with E-state index in [0.29, 0.717) is 6.07 Å². The lowest BCUT2D eigenvalue weighted by Crippen LogP contribution is -2.22. The minimum atomic E-state index is -4.96. The molecule has 1 aromatic rings. The van der Waals surface area contributed by atoms with E-state index in [2.05, 4.69) is 0 Å². The van der Waals surface area contributed by atoms with Crippen molar-refractivity contribution in [1.29, 1.82) is 0 Å². The second kappa shape index (κ2) is 4.06. The van der Waals surface area contributed by atoms with E-state index < -0.39 is 29.3 Å². The number of aromatic nitrogens is 1. The van der Waals surface area contributed by atoms with Crippen LogP contribution >= 0.6 is 22.6 Å². The Labute approximate surface area is 93.6 Å². The Morgan fingerprint density at radius 2 is 1.87 bits per heavy atom. The SMILES string of the molecule is O=c1[nH]c(I)cc(C(F)(F)F)c1C(F)F. The van der Waals surface area contributed by atoms with Crippen molar-refractivity contribution in [3.8, 4) is 0 Å². The predicted molar refractivity (Wildman–Crippen MR) is 49.7 cm³/mol. The van der Waals surface area contributed by atoms with Gasteiger partial charge in [0.1, 0.15) is 0 Å². The minimum Gasteiger partial charge on any atom is -0.317 e. The molecule has 0 fully saturated rings. The van der Waals surface area contributed by atoms with Crippen LogP contribution in [0.25, 0.3) is 0 Å². The Balaban J connectivity index is 3.55. The van der Waals surface area contributed by atoms with Crippen LogP contribution < -0.4 is 5.56 Å². The van der Waals surface area contributed by atoms with E-state index in [9.17, 15) is 26.7 Å². The highest BCUT2D eigenvalue weighted by molar-refractivity contribution is 14.1. The molecule has 84 valence electrons. The number of pyridine rings is 1. The van der Waals surface area contributed by atoms with Gasteiger partial charge in [0, 0.05) is 0 Å². The Morgan fingerprint density at radius 1 is 1.33 bits per heavy atom. The quantitative estimate of drug-likeness (QED) is 0.476. The van der Waals surface area contributed by atoms with Crippen molar-refractivity contribution in [2.45, 2.75) is 12.6 Å². The summed E-state index contributed by atoms with van der Waals surface area (Å²) in [6, 6.07) is 0.476. The van der Waals surface area contributed by atoms with Gasteiger partial charge in [-0.2, -0.15) is 13.2 Å². The standard InChI is InChI=1S/C7H3F5INO/c8-5(9)4-2(7(10,11)12)1-3(13)14-6(4)15/h1,5H,(H,14,15). The number of hydrogen-bond acceptors (Lipinski definition) is 1. The number of alkyl halides is 5. The van der Waals surface area contributed by atoms with E-state index in [-0.39, 0.29) is 3.70 Å². The fourth-order valence-electron chi connectivity index (χ4n) is 0.990. The molecule has 0 bridgehead atoms. The van der Waals surface area contributed by atoms with E-state index in [1.165, 1.54) is 22.6 Å². The summed E-state index contributed by atoms with van der Waals surface area (Å²) >= 11 is 1.41. The van der Waals surface area contributed by atoms with E-state index in [1.807, 2.05) is 4.98 Å². The Kier molecular flexibility index (Phi) is 3.36. The fourth-order valence-corrected chi connectivity index (χ4v) is 1.55. The maximum atomic E-state index is 12.3. The maximum Gasteiger partial charge on any atom is 0.417 e. The lowest BCUT2D eigenvalue weighted by atomic mass is 10.1. The van der Waals surface area contributed by atoms with Crippen molar-refractivity contribution < 1.29 is 22.0 Å². The van der Waals surface area contributed by atoms with Gasteiger partial charge in [0.2, 0.25) is 0 Å². The van der Waals surface area contributed by atoms with Crippen LogP contribution in [0.3, 0.4) is 0 Å². The molecule has 0 aliphatic rings. The van der Waals surface area contributed by atoms with Gasteiger partial charge in [-0.25, -0.2) is 8.78 Å². The highest BCUT2D eigenvalue weighted by atomic mass is 127. The van der Waals surface area contributed by atoms with Crippen molar-refractivity contribution in [3.05, 3.63) is 31.2 Å². The molecule has 0 unspecified atom stereocenters. The number of aromatic amines is 1. The molecule has 0 aliphatic carbocycles. The number of rotatable bonds is 1. The summed E-state index contributed by atoms with van der Waals surface area (Å²) in [4.78, 5) is 12.8. The normalized spacial score (nSPS) is 12.2. The van der Waals surface area contributed by atoms with Gasteiger partial charge in [-0.15, -0.1) is 0 Å². The summed E-state index contributed by atoms with van der Waals surface area (Å²) in [7, 11) is 0. The lowest BCUT2D eigenvalue weighted by Gasteiger charge is -2.11. The van der Waals surface area contributed by atoms with Gasteiger partial charge < -0.3 is 4.98 Å². The third-order valence-corrected chi connectivity index (χ3v) is 2.14. The molecule has 0 atom stereocenters. The van der Waals surface area contributed by atoms with Gasteiger partial charge in [0.15, 0.2) is 0 Å². The molecule has 1 rings (SSSR count). The van der Waals surface area contributed by atoms with Crippen LogP contribution in [0.1, 0.15) is 17.6 Å². The van der Waals surface area contributed by atoms with Crippen LogP contribution in [0.2, 0.25) is 0 Å². The molecular formula is C7H3F5INO. The van der Waals surface area contributed by atoms with Gasteiger partial charge in [-0.1, -0.05) is 0 Å². The van der Waals surface area contributed by atoms with Crippen LogP contribution in [0.15, 0.2) is 10.9 Å². The topological polar surface area (TPSA) is 32.9 Å². The molecule has 0 radical (unpaired) electrons. The molecule has 1 heterocycles. The van der Waals surface area contributed by atoms with Crippen molar-refractivity contribution in [3.63, 3.8) is 0 Å². The molecule has 0 spiro atoms. The zero-order valence-corrected chi connectivity index (χ0v) is 8.99. The largest absolute Gasteiger partial charge is 0.417 e. The van der Waals surface area contributed by atoms with Gasteiger partial charge >= 0.3 is 6.18 Å². The summed E-state index contributed by atoms with van der Waals surface area (Å²) in [5.41, 5.74) is -4.54. The number of hydrogen-bond donors (Lipinski definition) is 1. The van der Waals surface area contributed by atoms with Crippen LogP contribution in [-0.4, -0.2) is 4.98 Å². The molecule has 1 N–H and O–H groups in total. The van der Waals surface area contributed by atoms with E-state index in [0.717, 1.165) is 0 Å². The molecule has 15 heavy (non-hydrogen) atoms. The summed E-state index contributed by atoms with van der Waals surface area (Å²) in [6.45, 7) is 0. The summed E-state index contributed by atoms with van der Waals surface area (Å²) < 4.78 is 61.1. The number of H-pyrrole nitrogens is 1. The first-order valence-electron chi connectivity index (χ1n) is 3.51. The third kappa shape index (κ3) is 2.67. The van der Waals surface area contributed by atoms with Crippen LogP contribution in [-0.2, 0) is 6.18 Å². The smallest absolute Gasteiger partial charge is 0.317 e. The summed E-state index contributed by atoms with van der Waals surface area (Å²) in [5.74, 6) is 0. The Hall–Kier alpha value is -0.670. The van der Waals surface area contributed by atoms with Crippen LogP contribution in [0.4, 0.5) is 22.0 Å². The summed E-state index contributed by atoms with van der Waals surface area (Å²) in [5, 5.41) is 0. The average Bonchev–Trinajstić information content (AvgIpc) is 1.99. The molecule has 0 saturated heterocycles. The van der Waals surface area contributed by atoms with Gasteiger partial charge in [0.05, 0.1) is 14.8 Å². The molecule has 0 saturated carbocycles. The second-order valence-electron chi connectivity index (χ2n) is 2.57. The van der Waals surface area contributed by atoms with Gasteiger partial charge in [-0.05, 0) is 28.7 Å². The maximum absolute atomic E-state index is 12.3. The molecule has 0 aromatic carbocycles. The van der Waals surface area contributed by atoms with Crippen LogP contribution in [0, 0.1) is 3.70 Å². The third-order valence-electron chi connectivity index (χ3n) is 1.56. The first-order valence-corrected chi connectivity index (χ1v) is 4.59. The first-order chi connectivity index (χ1) is 6.73. The zero-order valence-electron chi connectivity index (χ0n) is 6.83. The first kappa shape index (κ1) is 12.4. The van der Waals surface area contributed by atoms with Crippen molar-refractivity contribution >= 4 is 22.6 Å². The lowest BCUT2D eigenvalue weighted by molar-refractivity contribution is -0.139. The zero-order chi connectivity index (χ0) is 11.8. The highest BCUT2D eigenvalue weighted by Crippen LogP contribution is 2.34. The van der Waals surface area contributed by atoms with E-state index in [4.69, 9.17) is 0 Å². The second-order valence-corrected chi connectivity index (χ2v) is 3.73. The Morgan fingerprint density at radius 3 is 2.27 bits per heavy atom. The molecule has 0 aliphatic heterocycles. The average molecular weight is 339 g/mol. The fraction of sp³-hybridized carbons (Fsp3) is 0.286. The number of halogens is 6. The van der Waals surface area contributed by atoms with E-state index >= 15 is 0 Å². The van der Waals surface area contributed by atoms with Crippen LogP contribution in [0.5, 0.6) is 0 Å². The summed E-state index contributed by atoms with van der Waals surface area (Å²) in [6.07, 6.45) is -8.41. The molecule has 0 amide bonds. The molecule has 1 aromatic heterocycles. The molecule has 2 nitrogen and oxygen atoms in total. The highest BCUT2D eigenvalue weighted by Gasteiger charge is 2.37. The molecular weight excluding hydrogens is 336 g/mol. The molecule has 8 heteroatoms. The van der Waals surface area contributed by atoms with Crippen molar-refractivity contribution in [2.24, 2.45) is 0 Å². The minimum absolute atomic E-state index is 0.144. The van der Waals surface area contributed by atoms with Gasteiger partial charge in [0.25, 0.3) is 12.0 Å². The number of nitrogens with one attached hydrogen (secondary N) is 1. The van der Waals surface area contributed by atoms with E-state index in [1.54, 1.807) is 0 Å². The Bertz CT molecular complexity index is 424.